The molecule has 1 aliphatic rings. The summed E-state index contributed by atoms with van der Waals surface area (Å²) in [5, 5.41) is 21.5. The molecule has 0 aromatic heterocycles. The number of aliphatic hydroxyl groups is 1. The van der Waals surface area contributed by atoms with Crippen molar-refractivity contribution in [1.29, 1.82) is 0 Å². The average Bonchev–Trinajstić information content (AvgIpc) is 3.05. The van der Waals surface area contributed by atoms with Crippen LogP contribution in [0.25, 0.3) is 0 Å². The highest BCUT2D eigenvalue weighted by Gasteiger charge is 2.39. The Morgan fingerprint density at radius 1 is 1.31 bits per heavy atom. The number of benzene rings is 1. The maximum Gasteiger partial charge on any atom is 0.318 e. The number of amides is 2. The number of halogens is 2. The minimum atomic E-state index is -3.43. The molecule has 1 aromatic carbocycles. The highest BCUT2D eigenvalue weighted by atomic mass is 19.3. The summed E-state index contributed by atoms with van der Waals surface area (Å²) < 4.78 is 28.7. The number of rotatable bonds is 11. The minimum absolute atomic E-state index is 0.273. The van der Waals surface area contributed by atoms with Crippen molar-refractivity contribution >= 4 is 12.0 Å². The Balaban J connectivity index is 1.87. The predicted octanol–water partition coefficient (Wildman–Crippen LogP) is 3.37. The van der Waals surface area contributed by atoms with Gasteiger partial charge in [-0.25, -0.2) is 4.79 Å². The molecule has 3 N–H and O–H groups in total. The second kappa shape index (κ2) is 10.3. The van der Waals surface area contributed by atoms with Crippen molar-refractivity contribution in [2.24, 2.45) is 5.92 Å². The summed E-state index contributed by atoms with van der Waals surface area (Å²) in [5.74, 6) is -4.65. The fourth-order valence-corrected chi connectivity index (χ4v) is 3.21. The van der Waals surface area contributed by atoms with Crippen molar-refractivity contribution in [2.45, 2.75) is 50.7 Å². The van der Waals surface area contributed by atoms with Crippen molar-refractivity contribution in [3.05, 3.63) is 48.0 Å². The van der Waals surface area contributed by atoms with Crippen molar-refractivity contribution in [2.75, 3.05) is 13.1 Å². The quantitative estimate of drug-likeness (QED) is 0.385. The first-order valence-electron chi connectivity index (χ1n) is 9.80. The van der Waals surface area contributed by atoms with Gasteiger partial charge in [0.2, 0.25) is 0 Å². The number of alkyl halides is 2. The van der Waals surface area contributed by atoms with Gasteiger partial charge in [-0.15, -0.1) is 0 Å². The van der Waals surface area contributed by atoms with E-state index >= 15 is 0 Å². The summed E-state index contributed by atoms with van der Waals surface area (Å²) in [6, 6.07) is 6.42. The van der Waals surface area contributed by atoms with Crippen LogP contribution in [0.1, 0.15) is 38.2 Å². The van der Waals surface area contributed by atoms with E-state index in [1.165, 1.54) is 30.3 Å². The van der Waals surface area contributed by atoms with Crippen molar-refractivity contribution < 1.29 is 28.6 Å². The third kappa shape index (κ3) is 6.25. The van der Waals surface area contributed by atoms with Crippen LogP contribution in [0.4, 0.5) is 13.6 Å². The van der Waals surface area contributed by atoms with E-state index in [0.29, 0.717) is 19.4 Å². The highest BCUT2D eigenvalue weighted by Crippen LogP contribution is 2.32. The van der Waals surface area contributed by atoms with E-state index in [1.54, 1.807) is 17.9 Å². The lowest BCUT2D eigenvalue weighted by Gasteiger charge is -2.23. The van der Waals surface area contributed by atoms with E-state index in [4.69, 9.17) is 5.11 Å². The smallest absolute Gasteiger partial charge is 0.318 e. The van der Waals surface area contributed by atoms with Gasteiger partial charge in [0.25, 0.3) is 0 Å². The van der Waals surface area contributed by atoms with Gasteiger partial charge in [0, 0.05) is 18.7 Å². The molecular formula is C21H28F2N2O4. The SMILES string of the molecule is CC(CCCCCN1C(=O)NC[C@@H]1/C=C/C(O)C(F)(F)c1ccccc1)C(=O)O. The summed E-state index contributed by atoms with van der Waals surface area (Å²) in [5.41, 5.74) is -0.273. The zero-order chi connectivity index (χ0) is 21.4. The van der Waals surface area contributed by atoms with Gasteiger partial charge in [0.05, 0.1) is 12.0 Å². The standard InChI is InChI=1S/C21H28F2N2O4/c1-15(19(27)28)8-4-3-7-13-25-17(14-24-20(25)29)11-12-18(26)21(22,23)16-9-5-2-6-10-16/h2,5-6,9-12,15,17-18,26H,3-4,7-8,13-14H2,1H3,(H,24,29)(H,27,28)/b12-11+/t15?,17-,18?/m0/s1. The fraction of sp³-hybridized carbons (Fsp3) is 0.524. The van der Waals surface area contributed by atoms with Gasteiger partial charge >= 0.3 is 17.9 Å². The molecule has 0 aliphatic carbocycles. The number of hydrogen-bond acceptors (Lipinski definition) is 3. The topological polar surface area (TPSA) is 89.9 Å². The monoisotopic (exact) mass is 410 g/mol. The molecule has 1 saturated heterocycles. The van der Waals surface area contributed by atoms with Gasteiger partial charge in [-0.2, -0.15) is 8.78 Å². The van der Waals surface area contributed by atoms with E-state index in [0.717, 1.165) is 18.9 Å². The lowest BCUT2D eigenvalue weighted by Crippen LogP contribution is -2.35. The van der Waals surface area contributed by atoms with Gasteiger partial charge in [-0.3, -0.25) is 4.79 Å². The van der Waals surface area contributed by atoms with Crippen LogP contribution < -0.4 is 5.32 Å². The summed E-state index contributed by atoms with van der Waals surface area (Å²) in [4.78, 5) is 24.4. The largest absolute Gasteiger partial charge is 0.481 e. The zero-order valence-electron chi connectivity index (χ0n) is 16.4. The van der Waals surface area contributed by atoms with Gasteiger partial charge in [-0.1, -0.05) is 62.2 Å². The van der Waals surface area contributed by atoms with Crippen LogP contribution in [0.5, 0.6) is 0 Å². The molecule has 1 fully saturated rings. The molecule has 160 valence electrons. The van der Waals surface area contributed by atoms with E-state index in [-0.39, 0.29) is 18.1 Å². The molecule has 1 heterocycles. The molecule has 3 atom stereocenters. The minimum Gasteiger partial charge on any atom is -0.481 e. The van der Waals surface area contributed by atoms with Gasteiger partial charge in [0.15, 0.2) is 0 Å². The maximum absolute atomic E-state index is 14.4. The number of aliphatic carboxylic acids is 1. The molecule has 8 heteroatoms. The number of urea groups is 1. The van der Waals surface area contributed by atoms with Crippen molar-refractivity contribution in [1.82, 2.24) is 10.2 Å². The average molecular weight is 410 g/mol. The van der Waals surface area contributed by atoms with Crippen LogP contribution in [-0.4, -0.2) is 52.3 Å². The first kappa shape index (κ1) is 22.8. The number of nitrogens with zero attached hydrogens (tertiary/aromatic N) is 1. The van der Waals surface area contributed by atoms with Crippen LogP contribution >= 0.6 is 0 Å². The first-order chi connectivity index (χ1) is 13.7. The zero-order valence-corrected chi connectivity index (χ0v) is 16.4. The van der Waals surface area contributed by atoms with E-state index in [1.807, 2.05) is 0 Å². The molecule has 2 unspecified atom stereocenters. The highest BCUT2D eigenvalue weighted by molar-refractivity contribution is 5.77. The Morgan fingerprint density at radius 3 is 2.66 bits per heavy atom. The Morgan fingerprint density at radius 2 is 2.00 bits per heavy atom. The Kier molecular flexibility index (Phi) is 8.13. The number of aliphatic hydroxyl groups excluding tert-OH is 1. The van der Waals surface area contributed by atoms with Gasteiger partial charge in [-0.05, 0) is 12.8 Å². The van der Waals surface area contributed by atoms with Crippen LogP contribution in [-0.2, 0) is 10.7 Å². The fourth-order valence-electron chi connectivity index (χ4n) is 3.21. The number of carboxylic acid groups (broad SMARTS) is 1. The van der Waals surface area contributed by atoms with E-state index < -0.39 is 30.0 Å². The lowest BCUT2D eigenvalue weighted by atomic mass is 10.0. The molecule has 0 saturated carbocycles. The first-order valence-corrected chi connectivity index (χ1v) is 9.80. The molecule has 6 nitrogen and oxygen atoms in total. The number of unbranched alkanes of at least 4 members (excludes halogenated alkanes) is 2. The third-order valence-electron chi connectivity index (χ3n) is 5.13. The number of nitrogens with one attached hydrogen (secondary N) is 1. The second-order valence-electron chi connectivity index (χ2n) is 7.35. The summed E-state index contributed by atoms with van der Waals surface area (Å²) in [6.07, 6.45) is 3.25. The number of carboxylic acids is 1. The third-order valence-corrected chi connectivity index (χ3v) is 5.13. The molecular weight excluding hydrogens is 382 g/mol. The van der Waals surface area contributed by atoms with Gasteiger partial charge < -0.3 is 20.4 Å². The normalized spacial score (nSPS) is 19.4. The van der Waals surface area contributed by atoms with Crippen LogP contribution in [0, 0.1) is 5.92 Å². The molecule has 29 heavy (non-hydrogen) atoms. The maximum atomic E-state index is 14.4. The van der Waals surface area contributed by atoms with Crippen LogP contribution in [0.15, 0.2) is 42.5 Å². The lowest BCUT2D eigenvalue weighted by molar-refractivity contribution is -0.141. The Labute approximate surface area is 169 Å². The molecule has 1 aliphatic heterocycles. The number of hydrogen-bond donors (Lipinski definition) is 3. The molecule has 0 radical (unpaired) electrons. The van der Waals surface area contributed by atoms with Crippen molar-refractivity contribution in [3.8, 4) is 0 Å². The molecule has 1 aromatic rings. The predicted molar refractivity (Wildman–Crippen MR) is 105 cm³/mol. The number of carbonyl (C=O) groups excluding carboxylic acids is 1. The van der Waals surface area contributed by atoms with Gasteiger partial charge in [0.1, 0.15) is 6.10 Å². The summed E-state index contributed by atoms with van der Waals surface area (Å²) >= 11 is 0. The second-order valence-corrected chi connectivity index (χ2v) is 7.35. The molecule has 0 bridgehead atoms. The van der Waals surface area contributed by atoms with E-state index in [2.05, 4.69) is 5.32 Å². The van der Waals surface area contributed by atoms with E-state index in [9.17, 15) is 23.5 Å². The molecule has 0 spiro atoms. The van der Waals surface area contributed by atoms with Crippen molar-refractivity contribution in [3.63, 3.8) is 0 Å². The molecule has 2 rings (SSSR count). The summed E-state index contributed by atoms with van der Waals surface area (Å²) in [7, 11) is 0. The summed E-state index contributed by atoms with van der Waals surface area (Å²) in [6.45, 7) is 2.39. The van der Waals surface area contributed by atoms with Crippen LogP contribution in [0.3, 0.4) is 0 Å². The van der Waals surface area contributed by atoms with Crippen LogP contribution in [0.2, 0.25) is 0 Å². The Bertz CT molecular complexity index is 712. The Hall–Kier alpha value is -2.48. The molecule has 2 amide bonds. The number of carbonyl (C=O) groups is 2.